The van der Waals surface area contributed by atoms with Crippen LogP contribution in [0.2, 0.25) is 5.02 Å². The Bertz CT molecular complexity index is 1200. The molecule has 0 aliphatic rings. The summed E-state index contributed by atoms with van der Waals surface area (Å²) < 4.78 is 0.583. The van der Waals surface area contributed by atoms with Crippen molar-refractivity contribution in [1.82, 2.24) is 5.32 Å². The lowest BCUT2D eigenvalue weighted by Crippen LogP contribution is -3.00. The molecule has 4 aromatic rings. The number of benzene rings is 4. The van der Waals surface area contributed by atoms with E-state index in [0.29, 0.717) is 15.0 Å². The molecule has 0 unspecified atom stereocenters. The maximum Gasteiger partial charge on any atom is 0.258 e. The van der Waals surface area contributed by atoms with E-state index < -0.39 is 7.26 Å². The molecule has 4 rings (SSSR count). The van der Waals surface area contributed by atoms with Crippen molar-refractivity contribution in [2.45, 2.75) is 6.92 Å². The molecule has 7 heteroatoms. The molecule has 0 saturated carbocycles. The number of hydrogen-bond donors (Lipinski definition) is 1. The average molecular weight is 573 g/mol. The highest BCUT2D eigenvalue weighted by Crippen LogP contribution is 2.63. The number of rotatable bonds is 8. The van der Waals surface area contributed by atoms with Crippen LogP contribution >= 0.6 is 42.2 Å². The first-order chi connectivity index (χ1) is 17.1. The summed E-state index contributed by atoms with van der Waals surface area (Å²) in [5.74, 6) is 0.552. The molecule has 0 radical (unpaired) electrons. The summed E-state index contributed by atoms with van der Waals surface area (Å²) >= 11 is 14.7. The normalized spacial score (nSPS) is 11.8. The quantitative estimate of drug-likeness (QED) is 0.321. The zero-order chi connectivity index (χ0) is 24.7. The van der Waals surface area contributed by atoms with Gasteiger partial charge in [-0.1, -0.05) is 84.7 Å². The minimum absolute atomic E-state index is 0. The van der Waals surface area contributed by atoms with Crippen molar-refractivity contribution < 1.29 is 17.2 Å². The number of thioether (sulfide) groups is 1. The Balaban J connectivity index is 0.00000361. The molecule has 0 atom stereocenters. The molecule has 0 aliphatic heterocycles. The summed E-state index contributed by atoms with van der Waals surface area (Å²) in [5.41, 5.74) is 1.25. The second-order valence-corrected chi connectivity index (χ2v) is 13.3. The van der Waals surface area contributed by atoms with Gasteiger partial charge in [0.05, 0.1) is 0 Å². The van der Waals surface area contributed by atoms with Crippen molar-refractivity contribution in [2.24, 2.45) is 0 Å². The van der Waals surface area contributed by atoms with Gasteiger partial charge in [-0.2, -0.15) is 0 Å². The second-order valence-electron chi connectivity index (χ2n) is 7.69. The standard InChI is InChI=1S/C29H24Cl2NOPS.ClH/c1-2-35-27(31)29(32-28(33)22-18-20-23(30)21-19-22)34(24-12-6-3-7-13-24,25-14-8-4-9-15-25)26-16-10-5-11-17-26;/h3-21H,2H2,1H3;1H/b29-27-;. The van der Waals surface area contributed by atoms with Gasteiger partial charge in [-0.15, -0.1) is 11.8 Å². The van der Waals surface area contributed by atoms with Crippen molar-refractivity contribution in [3.05, 3.63) is 136 Å². The van der Waals surface area contributed by atoms with Gasteiger partial charge >= 0.3 is 0 Å². The fraction of sp³-hybridized carbons (Fsp3) is 0.0690. The number of hydrogen-bond acceptors (Lipinski definition) is 2. The summed E-state index contributed by atoms with van der Waals surface area (Å²) in [6, 6.07) is 37.9. The van der Waals surface area contributed by atoms with Gasteiger partial charge in [0.1, 0.15) is 20.3 Å². The minimum Gasteiger partial charge on any atom is -1.00 e. The molecule has 0 aromatic heterocycles. The largest absolute Gasteiger partial charge is 1.00 e. The molecule has 1 N–H and O–H groups in total. The fourth-order valence-electron chi connectivity index (χ4n) is 4.03. The molecule has 2 nitrogen and oxygen atoms in total. The van der Waals surface area contributed by atoms with E-state index in [1.165, 1.54) is 11.8 Å². The first-order valence-electron chi connectivity index (χ1n) is 11.2. The topological polar surface area (TPSA) is 29.1 Å². The highest BCUT2D eigenvalue weighted by molar-refractivity contribution is 8.06. The van der Waals surface area contributed by atoms with Crippen LogP contribution in [0, 0.1) is 0 Å². The summed E-state index contributed by atoms with van der Waals surface area (Å²) in [5, 5.41) is 7.18. The van der Waals surface area contributed by atoms with Gasteiger partial charge in [0.2, 0.25) is 5.44 Å². The van der Waals surface area contributed by atoms with Crippen molar-refractivity contribution in [1.29, 1.82) is 0 Å². The maximum absolute atomic E-state index is 13.6. The van der Waals surface area contributed by atoms with Crippen LogP contribution in [0.3, 0.4) is 0 Å². The third-order valence-electron chi connectivity index (χ3n) is 5.56. The smallest absolute Gasteiger partial charge is 0.258 e. The highest BCUT2D eigenvalue weighted by atomic mass is 35.5. The Labute approximate surface area is 233 Å². The molecule has 36 heavy (non-hydrogen) atoms. The van der Waals surface area contributed by atoms with Gasteiger partial charge in [-0.3, -0.25) is 10.1 Å². The second kappa shape index (κ2) is 13.3. The molecule has 0 bridgehead atoms. The fourth-order valence-corrected chi connectivity index (χ4v) is 10.0. The minimum atomic E-state index is -2.56. The summed E-state index contributed by atoms with van der Waals surface area (Å²) in [7, 11) is -2.56. The van der Waals surface area contributed by atoms with Crippen molar-refractivity contribution in [3.63, 3.8) is 0 Å². The molecular formula is C29H25Cl3NOPS. The monoisotopic (exact) mass is 571 g/mol. The number of nitrogens with one attached hydrogen (secondary N) is 1. The Kier molecular flexibility index (Phi) is 10.5. The molecule has 4 aromatic carbocycles. The maximum atomic E-state index is 13.6. The van der Waals surface area contributed by atoms with Gasteiger partial charge in [0.25, 0.3) is 5.91 Å². The van der Waals surface area contributed by atoms with Crippen LogP contribution in [0.25, 0.3) is 0 Å². The van der Waals surface area contributed by atoms with E-state index in [-0.39, 0.29) is 18.3 Å². The Hall–Kier alpha value is -2.26. The lowest BCUT2D eigenvalue weighted by molar-refractivity contribution is -0.0000148. The molecule has 184 valence electrons. The van der Waals surface area contributed by atoms with E-state index in [9.17, 15) is 4.79 Å². The Morgan fingerprint density at radius 2 is 1.17 bits per heavy atom. The van der Waals surface area contributed by atoms with Gasteiger partial charge < -0.3 is 12.4 Å². The van der Waals surface area contributed by atoms with Crippen LogP contribution in [0.5, 0.6) is 0 Å². The predicted octanol–water partition coefficient (Wildman–Crippen LogP) is 4.19. The van der Waals surface area contributed by atoms with Crippen molar-refractivity contribution >= 4 is 64.0 Å². The zero-order valence-corrected chi connectivity index (χ0v) is 23.6. The van der Waals surface area contributed by atoms with Gasteiger partial charge in [0.15, 0.2) is 7.26 Å². The van der Waals surface area contributed by atoms with E-state index >= 15 is 0 Å². The van der Waals surface area contributed by atoms with Crippen LogP contribution in [0.4, 0.5) is 0 Å². The van der Waals surface area contributed by atoms with E-state index in [1.54, 1.807) is 24.3 Å². The van der Waals surface area contributed by atoms with E-state index in [1.807, 2.05) is 54.6 Å². The Morgan fingerprint density at radius 1 is 0.750 bits per heavy atom. The molecule has 0 heterocycles. The van der Waals surface area contributed by atoms with Crippen LogP contribution in [-0.4, -0.2) is 11.7 Å². The third kappa shape index (κ3) is 5.99. The number of halogens is 3. The van der Waals surface area contributed by atoms with Crippen LogP contribution < -0.4 is 33.6 Å². The summed E-state index contributed by atoms with van der Waals surface area (Å²) in [4.78, 5) is 13.6. The first-order valence-corrected chi connectivity index (χ1v) is 14.8. The van der Waals surface area contributed by atoms with Crippen LogP contribution in [-0.2, 0) is 0 Å². The van der Waals surface area contributed by atoms with Gasteiger partial charge in [0, 0.05) is 10.6 Å². The summed E-state index contributed by atoms with van der Waals surface area (Å²) in [6.07, 6.45) is 0. The number of carbonyl (C=O) groups excluding carboxylic acids is 1. The first kappa shape index (κ1) is 28.3. The van der Waals surface area contributed by atoms with Gasteiger partial charge in [-0.25, -0.2) is 0 Å². The predicted molar refractivity (Wildman–Crippen MR) is 155 cm³/mol. The lowest BCUT2D eigenvalue weighted by atomic mass is 10.2. The van der Waals surface area contributed by atoms with Crippen LogP contribution in [0.1, 0.15) is 17.3 Å². The van der Waals surface area contributed by atoms with E-state index in [4.69, 9.17) is 23.2 Å². The molecule has 0 aliphatic carbocycles. The summed E-state index contributed by atoms with van der Waals surface area (Å²) in [6.45, 7) is 2.05. The van der Waals surface area contributed by atoms with Gasteiger partial charge in [-0.05, 0) is 66.4 Å². The molecule has 0 fully saturated rings. The van der Waals surface area contributed by atoms with Crippen molar-refractivity contribution in [2.75, 3.05) is 5.75 Å². The average Bonchev–Trinajstić information content (AvgIpc) is 2.91. The van der Waals surface area contributed by atoms with Crippen molar-refractivity contribution in [3.8, 4) is 0 Å². The van der Waals surface area contributed by atoms with E-state index in [0.717, 1.165) is 27.1 Å². The van der Waals surface area contributed by atoms with Crippen LogP contribution in [0.15, 0.2) is 125 Å². The SMILES string of the molecule is CCS/C(Cl)=C(/NC(=O)c1ccc(Cl)cc1)[P+](c1ccccc1)(c1ccccc1)c1ccccc1.[Cl-]. The molecule has 1 amide bonds. The zero-order valence-electron chi connectivity index (χ0n) is 19.6. The number of carbonyl (C=O) groups is 1. The highest BCUT2D eigenvalue weighted by Gasteiger charge is 2.52. The van der Waals surface area contributed by atoms with E-state index in [2.05, 4.69) is 48.6 Å². The Morgan fingerprint density at radius 3 is 1.56 bits per heavy atom. The molecular weight excluding hydrogens is 548 g/mol. The lowest BCUT2D eigenvalue weighted by Gasteiger charge is -2.30. The molecule has 0 saturated heterocycles. The number of amides is 1. The third-order valence-corrected chi connectivity index (χ3v) is 11.6. The molecule has 0 spiro atoms.